The van der Waals surface area contributed by atoms with E-state index < -0.39 is 11.5 Å². The standard InChI is InChI=1S/C17H18N2O4S/c1-11-4-2-3-5-12(11)16-18-13(9-24-16)15(22)19-17(8-14(20)21)6-7-23-10-17/h2-5,9H,6-8,10H2,1H3,(H,19,22)(H,20,21). The van der Waals surface area contributed by atoms with Gasteiger partial charge in [-0.1, -0.05) is 24.3 Å². The predicted molar refractivity (Wildman–Crippen MR) is 90.2 cm³/mol. The molecule has 6 nitrogen and oxygen atoms in total. The van der Waals surface area contributed by atoms with Gasteiger partial charge >= 0.3 is 5.97 Å². The zero-order chi connectivity index (χ0) is 17.2. The van der Waals surface area contributed by atoms with Gasteiger partial charge in [-0.15, -0.1) is 11.3 Å². The molecule has 0 aliphatic carbocycles. The van der Waals surface area contributed by atoms with Crippen molar-refractivity contribution < 1.29 is 19.4 Å². The Balaban J connectivity index is 1.79. The number of aliphatic carboxylic acids is 1. The first-order chi connectivity index (χ1) is 11.5. The maximum absolute atomic E-state index is 12.5. The molecule has 0 bridgehead atoms. The molecule has 1 atom stereocenters. The summed E-state index contributed by atoms with van der Waals surface area (Å²) in [6, 6.07) is 7.85. The number of nitrogens with zero attached hydrogens (tertiary/aromatic N) is 1. The molecule has 1 amide bonds. The quantitative estimate of drug-likeness (QED) is 0.868. The Morgan fingerprint density at radius 1 is 1.42 bits per heavy atom. The summed E-state index contributed by atoms with van der Waals surface area (Å²) in [5, 5.41) is 14.4. The van der Waals surface area contributed by atoms with Crippen molar-refractivity contribution in [2.24, 2.45) is 0 Å². The van der Waals surface area contributed by atoms with Gasteiger partial charge in [-0.25, -0.2) is 4.98 Å². The minimum Gasteiger partial charge on any atom is -0.481 e. The van der Waals surface area contributed by atoms with Gasteiger partial charge in [0.2, 0.25) is 0 Å². The van der Waals surface area contributed by atoms with Gasteiger partial charge < -0.3 is 15.2 Å². The summed E-state index contributed by atoms with van der Waals surface area (Å²) in [7, 11) is 0. The summed E-state index contributed by atoms with van der Waals surface area (Å²) in [6.45, 7) is 2.65. The first-order valence-electron chi connectivity index (χ1n) is 7.63. The van der Waals surface area contributed by atoms with Crippen LogP contribution >= 0.6 is 11.3 Å². The zero-order valence-electron chi connectivity index (χ0n) is 13.2. The van der Waals surface area contributed by atoms with Crippen LogP contribution in [0.1, 0.15) is 28.9 Å². The third kappa shape index (κ3) is 3.47. The zero-order valence-corrected chi connectivity index (χ0v) is 14.1. The molecule has 1 saturated heterocycles. The van der Waals surface area contributed by atoms with Gasteiger partial charge in [0.25, 0.3) is 5.91 Å². The van der Waals surface area contributed by atoms with Gasteiger partial charge in [-0.2, -0.15) is 0 Å². The lowest BCUT2D eigenvalue weighted by Gasteiger charge is -2.26. The van der Waals surface area contributed by atoms with Gasteiger partial charge in [-0.05, 0) is 18.9 Å². The second kappa shape index (κ2) is 6.70. The molecule has 24 heavy (non-hydrogen) atoms. The second-order valence-corrected chi connectivity index (χ2v) is 6.82. The molecule has 1 unspecified atom stereocenters. The van der Waals surface area contributed by atoms with Crippen molar-refractivity contribution in [1.29, 1.82) is 0 Å². The number of carbonyl (C=O) groups excluding carboxylic acids is 1. The van der Waals surface area contributed by atoms with E-state index in [1.54, 1.807) is 5.38 Å². The van der Waals surface area contributed by atoms with Crippen molar-refractivity contribution in [3.63, 3.8) is 0 Å². The summed E-state index contributed by atoms with van der Waals surface area (Å²) in [6.07, 6.45) is 0.327. The van der Waals surface area contributed by atoms with Gasteiger partial charge in [0.15, 0.2) is 0 Å². The number of thiazole rings is 1. The lowest BCUT2D eigenvalue weighted by molar-refractivity contribution is -0.138. The number of carboxylic acid groups (broad SMARTS) is 1. The molecule has 1 aliphatic heterocycles. The average molecular weight is 346 g/mol. The Labute approximate surface area is 143 Å². The molecule has 0 saturated carbocycles. The highest BCUT2D eigenvalue weighted by atomic mass is 32.1. The fourth-order valence-electron chi connectivity index (χ4n) is 2.80. The normalized spacial score (nSPS) is 20.0. The van der Waals surface area contributed by atoms with Crippen LogP contribution in [-0.2, 0) is 9.53 Å². The van der Waals surface area contributed by atoms with Gasteiger partial charge in [0.1, 0.15) is 10.7 Å². The van der Waals surface area contributed by atoms with E-state index in [0.29, 0.717) is 18.7 Å². The number of rotatable bonds is 5. The fourth-order valence-corrected chi connectivity index (χ4v) is 3.69. The molecule has 3 rings (SSSR count). The number of aromatic nitrogens is 1. The number of aryl methyl sites for hydroxylation is 1. The molecular formula is C17H18N2O4S. The Kier molecular flexibility index (Phi) is 4.64. The van der Waals surface area contributed by atoms with Crippen LogP contribution < -0.4 is 5.32 Å². The molecule has 2 N–H and O–H groups in total. The Bertz CT molecular complexity index is 765. The monoisotopic (exact) mass is 346 g/mol. The first kappa shape index (κ1) is 16.6. The maximum atomic E-state index is 12.5. The summed E-state index contributed by atoms with van der Waals surface area (Å²) in [5.41, 5.74) is 1.53. The summed E-state index contributed by atoms with van der Waals surface area (Å²) in [5.74, 6) is -1.32. The number of carboxylic acids is 1. The van der Waals surface area contributed by atoms with Gasteiger partial charge in [-0.3, -0.25) is 9.59 Å². The van der Waals surface area contributed by atoms with Crippen LogP contribution in [0.25, 0.3) is 10.6 Å². The molecule has 1 aromatic carbocycles. The molecule has 2 aromatic rings. The SMILES string of the molecule is Cc1ccccc1-c1nc(C(=O)NC2(CC(=O)O)CCOC2)cs1. The van der Waals surface area contributed by atoms with Crippen molar-refractivity contribution in [2.45, 2.75) is 25.3 Å². The van der Waals surface area contributed by atoms with Gasteiger partial charge in [0, 0.05) is 17.6 Å². The number of nitrogens with one attached hydrogen (secondary N) is 1. The van der Waals surface area contributed by atoms with Crippen LogP contribution in [0.15, 0.2) is 29.6 Å². The number of hydrogen-bond donors (Lipinski definition) is 2. The number of carbonyl (C=O) groups is 2. The van der Waals surface area contributed by atoms with Crippen molar-refractivity contribution in [1.82, 2.24) is 10.3 Å². The summed E-state index contributed by atoms with van der Waals surface area (Å²) in [4.78, 5) is 28.0. The third-order valence-electron chi connectivity index (χ3n) is 4.08. The fraction of sp³-hybridized carbons (Fsp3) is 0.353. The average Bonchev–Trinajstić information content (AvgIpc) is 3.17. The molecule has 1 aromatic heterocycles. The van der Waals surface area contributed by atoms with Crippen molar-refractivity contribution in [3.05, 3.63) is 40.9 Å². The van der Waals surface area contributed by atoms with E-state index in [-0.39, 0.29) is 18.9 Å². The van der Waals surface area contributed by atoms with Crippen LogP contribution in [0.3, 0.4) is 0 Å². The van der Waals surface area contributed by atoms with E-state index in [9.17, 15) is 9.59 Å². The molecule has 1 aliphatic rings. The topological polar surface area (TPSA) is 88.5 Å². The molecule has 0 radical (unpaired) electrons. The van der Waals surface area contributed by atoms with E-state index in [2.05, 4.69) is 10.3 Å². The third-order valence-corrected chi connectivity index (χ3v) is 4.96. The summed E-state index contributed by atoms with van der Waals surface area (Å²) >= 11 is 1.40. The minimum atomic E-state index is -0.959. The van der Waals surface area contributed by atoms with Gasteiger partial charge in [0.05, 0.1) is 18.6 Å². The highest BCUT2D eigenvalue weighted by Gasteiger charge is 2.39. The van der Waals surface area contributed by atoms with Crippen molar-refractivity contribution >= 4 is 23.2 Å². The number of hydrogen-bond acceptors (Lipinski definition) is 5. The lowest BCUT2D eigenvalue weighted by atomic mass is 9.94. The first-order valence-corrected chi connectivity index (χ1v) is 8.51. The maximum Gasteiger partial charge on any atom is 0.305 e. The lowest BCUT2D eigenvalue weighted by Crippen LogP contribution is -2.50. The molecule has 7 heteroatoms. The Hall–Kier alpha value is -2.25. The second-order valence-electron chi connectivity index (χ2n) is 5.96. The smallest absolute Gasteiger partial charge is 0.305 e. The van der Waals surface area contributed by atoms with E-state index >= 15 is 0 Å². The molecule has 126 valence electrons. The molecule has 0 spiro atoms. The predicted octanol–water partition coefficient (Wildman–Crippen LogP) is 2.48. The van der Waals surface area contributed by atoms with E-state index in [4.69, 9.17) is 9.84 Å². The number of ether oxygens (including phenoxy) is 1. The van der Waals surface area contributed by atoms with Crippen molar-refractivity contribution in [2.75, 3.05) is 13.2 Å². The van der Waals surface area contributed by atoms with Crippen LogP contribution in [0.2, 0.25) is 0 Å². The minimum absolute atomic E-state index is 0.159. The Morgan fingerprint density at radius 2 is 2.21 bits per heavy atom. The van der Waals surface area contributed by atoms with Crippen LogP contribution in [0, 0.1) is 6.92 Å². The number of benzene rings is 1. The highest BCUT2D eigenvalue weighted by molar-refractivity contribution is 7.13. The molecule has 1 fully saturated rings. The van der Waals surface area contributed by atoms with E-state index in [1.165, 1.54) is 11.3 Å². The summed E-state index contributed by atoms with van der Waals surface area (Å²) < 4.78 is 5.29. The van der Waals surface area contributed by atoms with Crippen molar-refractivity contribution in [3.8, 4) is 10.6 Å². The van der Waals surface area contributed by atoms with Crippen LogP contribution in [-0.4, -0.2) is 40.7 Å². The Morgan fingerprint density at radius 3 is 2.88 bits per heavy atom. The molecule has 2 heterocycles. The van der Waals surface area contributed by atoms with Crippen LogP contribution in [0.5, 0.6) is 0 Å². The largest absolute Gasteiger partial charge is 0.481 e. The van der Waals surface area contributed by atoms with E-state index in [0.717, 1.165) is 16.1 Å². The number of amides is 1. The highest BCUT2D eigenvalue weighted by Crippen LogP contribution is 2.28. The van der Waals surface area contributed by atoms with Crippen LogP contribution in [0.4, 0.5) is 0 Å². The molecular weight excluding hydrogens is 328 g/mol. The van der Waals surface area contributed by atoms with E-state index in [1.807, 2.05) is 31.2 Å².